The van der Waals surface area contributed by atoms with E-state index < -0.39 is 18.0 Å². The zero-order chi connectivity index (χ0) is 31.1. The number of carbonyl (C=O) groups excluding carboxylic acids is 4. The van der Waals surface area contributed by atoms with Crippen LogP contribution < -0.4 is 21.3 Å². The molecule has 0 fully saturated rings. The van der Waals surface area contributed by atoms with E-state index in [9.17, 15) is 19.2 Å². The van der Waals surface area contributed by atoms with Crippen molar-refractivity contribution in [3.05, 3.63) is 90.0 Å². The Morgan fingerprint density at radius 2 is 1.37 bits per heavy atom. The van der Waals surface area contributed by atoms with Gasteiger partial charge in [-0.15, -0.1) is 0 Å². The van der Waals surface area contributed by atoms with Crippen molar-refractivity contribution < 1.29 is 23.9 Å². The van der Waals surface area contributed by atoms with Crippen LogP contribution in [0.3, 0.4) is 0 Å². The van der Waals surface area contributed by atoms with Crippen LogP contribution in [0.4, 0.5) is 16.2 Å². The van der Waals surface area contributed by atoms with Crippen molar-refractivity contribution >= 4 is 40.8 Å². The molecule has 1 aliphatic rings. The predicted octanol–water partition coefficient (Wildman–Crippen LogP) is 5.85. The van der Waals surface area contributed by atoms with Gasteiger partial charge >= 0.3 is 6.09 Å². The summed E-state index contributed by atoms with van der Waals surface area (Å²) < 4.78 is 4.69. The van der Waals surface area contributed by atoms with E-state index in [4.69, 9.17) is 0 Å². The van der Waals surface area contributed by atoms with Gasteiger partial charge in [0, 0.05) is 34.1 Å². The summed E-state index contributed by atoms with van der Waals surface area (Å²) in [5, 5.41) is 11.6. The number of benzene rings is 3. The molecule has 0 aromatic heterocycles. The second-order valence-corrected chi connectivity index (χ2v) is 10.9. The molecule has 224 valence electrons. The van der Waals surface area contributed by atoms with Gasteiger partial charge in [0.2, 0.25) is 11.8 Å². The lowest BCUT2D eigenvalue weighted by molar-refractivity contribution is -0.119. The topological polar surface area (TPSA) is 126 Å². The molecular formula is C34H38N4O5. The Morgan fingerprint density at radius 3 is 1.93 bits per heavy atom. The quantitative estimate of drug-likeness (QED) is 0.236. The van der Waals surface area contributed by atoms with Crippen molar-refractivity contribution in [1.29, 1.82) is 0 Å². The average Bonchev–Trinajstić information content (AvgIpc) is 3.01. The molecule has 0 saturated carbocycles. The van der Waals surface area contributed by atoms with Crippen molar-refractivity contribution in [3.63, 3.8) is 0 Å². The maximum Gasteiger partial charge on any atom is 0.407 e. The van der Waals surface area contributed by atoms with Crippen LogP contribution in [0, 0.1) is 11.8 Å². The molecule has 3 aromatic rings. The average molecular weight is 583 g/mol. The molecule has 0 spiro atoms. The molecule has 0 bridgehead atoms. The fourth-order valence-corrected chi connectivity index (χ4v) is 5.14. The highest BCUT2D eigenvalue weighted by molar-refractivity contribution is 6.11. The van der Waals surface area contributed by atoms with E-state index >= 15 is 0 Å². The summed E-state index contributed by atoms with van der Waals surface area (Å²) in [6.45, 7) is 7.76. The molecule has 4 rings (SSSR count). The summed E-state index contributed by atoms with van der Waals surface area (Å²) in [6, 6.07) is 20.8. The van der Waals surface area contributed by atoms with Gasteiger partial charge in [0.25, 0.3) is 5.91 Å². The van der Waals surface area contributed by atoms with E-state index in [-0.39, 0.29) is 29.7 Å². The van der Waals surface area contributed by atoms with Gasteiger partial charge in [-0.3, -0.25) is 14.4 Å². The Balaban J connectivity index is 1.66. The number of ether oxygens (including phenoxy) is 1. The van der Waals surface area contributed by atoms with Crippen molar-refractivity contribution in [2.24, 2.45) is 11.8 Å². The molecule has 3 aromatic carbocycles. The molecule has 0 radical (unpaired) electrons. The number of nitrogens with one attached hydrogen (secondary N) is 4. The second-order valence-electron chi connectivity index (χ2n) is 10.9. The van der Waals surface area contributed by atoms with Crippen molar-refractivity contribution in [2.45, 2.75) is 46.2 Å². The van der Waals surface area contributed by atoms with Crippen LogP contribution in [-0.2, 0) is 14.3 Å². The summed E-state index contributed by atoms with van der Waals surface area (Å²) in [4.78, 5) is 51.4. The summed E-state index contributed by atoms with van der Waals surface area (Å²) in [5.41, 5.74) is 4.49. The minimum Gasteiger partial charge on any atom is -0.453 e. The minimum absolute atomic E-state index is 0.113. The van der Waals surface area contributed by atoms with Gasteiger partial charge in [0.15, 0.2) is 0 Å². The highest BCUT2D eigenvalue weighted by Gasteiger charge is 2.32. The van der Waals surface area contributed by atoms with Crippen LogP contribution in [0.2, 0.25) is 0 Å². The lowest BCUT2D eigenvalue weighted by Crippen LogP contribution is -2.47. The molecule has 1 heterocycles. The van der Waals surface area contributed by atoms with Gasteiger partial charge in [0.1, 0.15) is 6.04 Å². The van der Waals surface area contributed by atoms with Gasteiger partial charge in [0.05, 0.1) is 13.2 Å². The molecule has 0 aliphatic carbocycles. The Hall–Kier alpha value is -4.92. The maximum atomic E-state index is 13.5. The van der Waals surface area contributed by atoms with E-state index in [0.717, 1.165) is 17.6 Å². The van der Waals surface area contributed by atoms with Crippen LogP contribution in [0.25, 0.3) is 16.7 Å². The Morgan fingerprint density at radius 1 is 0.837 bits per heavy atom. The SMILES string of the molecule is CCC(C)C1NC(=O)c2ccccc2C1=CC(=O)Nc1ccccc1-c1ccccc1NC(=O)C(NC(=O)OC)C(C)C. The smallest absolute Gasteiger partial charge is 0.407 e. The highest BCUT2D eigenvalue weighted by atomic mass is 16.5. The van der Waals surface area contributed by atoms with Crippen LogP contribution in [0.1, 0.15) is 50.0 Å². The van der Waals surface area contributed by atoms with Crippen molar-refractivity contribution in [3.8, 4) is 11.1 Å². The van der Waals surface area contributed by atoms with Crippen molar-refractivity contribution in [2.75, 3.05) is 17.7 Å². The molecule has 43 heavy (non-hydrogen) atoms. The fraction of sp³-hybridized carbons (Fsp3) is 0.294. The third-order valence-corrected chi connectivity index (χ3v) is 7.67. The zero-order valence-electron chi connectivity index (χ0n) is 25.1. The van der Waals surface area contributed by atoms with Gasteiger partial charge in [-0.05, 0) is 41.2 Å². The monoisotopic (exact) mass is 582 g/mol. The molecule has 9 nitrogen and oxygen atoms in total. The second kappa shape index (κ2) is 13.8. The van der Waals surface area contributed by atoms with Gasteiger partial charge in [-0.2, -0.15) is 0 Å². The first-order valence-electron chi connectivity index (χ1n) is 14.4. The van der Waals surface area contributed by atoms with Gasteiger partial charge in [-0.25, -0.2) is 4.79 Å². The fourth-order valence-electron chi connectivity index (χ4n) is 5.14. The van der Waals surface area contributed by atoms with Crippen LogP contribution in [0.15, 0.2) is 78.9 Å². The van der Waals surface area contributed by atoms with Crippen LogP contribution in [0.5, 0.6) is 0 Å². The van der Waals surface area contributed by atoms with Gasteiger partial charge < -0.3 is 26.0 Å². The van der Waals surface area contributed by atoms with Crippen molar-refractivity contribution in [1.82, 2.24) is 10.6 Å². The van der Waals surface area contributed by atoms with E-state index in [1.807, 2.05) is 56.3 Å². The largest absolute Gasteiger partial charge is 0.453 e. The number of rotatable bonds is 9. The zero-order valence-corrected chi connectivity index (χ0v) is 25.1. The summed E-state index contributed by atoms with van der Waals surface area (Å²) in [5.74, 6) is -0.968. The molecule has 1 aliphatic heterocycles. The lowest BCUT2D eigenvalue weighted by Gasteiger charge is -2.32. The number of carbonyl (C=O) groups is 4. The summed E-state index contributed by atoms with van der Waals surface area (Å²) in [7, 11) is 1.24. The Kier molecular flexibility index (Phi) is 9.98. The molecule has 4 amide bonds. The number of hydrogen-bond donors (Lipinski definition) is 4. The van der Waals surface area contributed by atoms with E-state index in [1.54, 1.807) is 36.4 Å². The normalized spacial score (nSPS) is 16.5. The van der Waals surface area contributed by atoms with Gasteiger partial charge in [-0.1, -0.05) is 88.7 Å². The number of hydrogen-bond acceptors (Lipinski definition) is 5. The standard InChI is InChI=1S/C34H38N4O5/c1-6-21(4)31-26(22-13-7-8-16-25(22)32(40)37-31)19-29(39)35-27-17-11-9-14-23(27)24-15-10-12-18-28(24)36-33(41)30(20(2)3)38-34(42)43-5/h7-21,30-31H,6H2,1-5H3,(H,35,39)(H,36,41)(H,37,40)(H,38,42). The maximum absolute atomic E-state index is 13.5. The first-order valence-corrected chi connectivity index (χ1v) is 14.4. The molecule has 3 atom stereocenters. The molecule has 4 N–H and O–H groups in total. The first kappa shape index (κ1) is 31.0. The number of amides is 4. The lowest BCUT2D eigenvalue weighted by atomic mass is 9.82. The highest BCUT2D eigenvalue weighted by Crippen LogP contribution is 2.35. The predicted molar refractivity (Wildman–Crippen MR) is 168 cm³/mol. The molecular weight excluding hydrogens is 544 g/mol. The Labute approximate surface area is 252 Å². The summed E-state index contributed by atoms with van der Waals surface area (Å²) >= 11 is 0. The summed E-state index contributed by atoms with van der Waals surface area (Å²) in [6.07, 6.45) is 1.69. The van der Waals surface area contributed by atoms with E-state index in [1.165, 1.54) is 7.11 Å². The van der Waals surface area contributed by atoms with E-state index in [2.05, 4.69) is 39.9 Å². The number of anilines is 2. The third kappa shape index (κ3) is 7.12. The number of para-hydroxylation sites is 2. The molecule has 3 unspecified atom stereocenters. The Bertz CT molecular complexity index is 1550. The minimum atomic E-state index is -0.820. The molecule has 9 heteroatoms. The van der Waals surface area contributed by atoms with Crippen LogP contribution >= 0.6 is 0 Å². The first-order chi connectivity index (χ1) is 20.6. The van der Waals surface area contributed by atoms with Crippen LogP contribution in [-0.4, -0.2) is 43.0 Å². The number of methoxy groups -OCH3 is 1. The number of alkyl carbamates (subject to hydrolysis) is 1. The number of fused-ring (bicyclic) bond motifs is 1. The molecule has 0 saturated heterocycles. The van der Waals surface area contributed by atoms with E-state index in [0.29, 0.717) is 28.1 Å². The third-order valence-electron chi connectivity index (χ3n) is 7.67.